The van der Waals surface area contributed by atoms with E-state index in [2.05, 4.69) is 29.4 Å². The highest BCUT2D eigenvalue weighted by molar-refractivity contribution is 7.99. The number of hydrogen-bond acceptors (Lipinski definition) is 3. The van der Waals surface area contributed by atoms with Gasteiger partial charge in [-0.2, -0.15) is 0 Å². The molecule has 1 aromatic carbocycles. The van der Waals surface area contributed by atoms with E-state index in [1.54, 1.807) is 7.11 Å². The van der Waals surface area contributed by atoms with Crippen LogP contribution in [0.3, 0.4) is 0 Å². The maximum atomic E-state index is 5.30. The van der Waals surface area contributed by atoms with Gasteiger partial charge < -0.3 is 10.1 Å². The first-order valence-electron chi connectivity index (χ1n) is 6.76. The van der Waals surface area contributed by atoms with Crippen LogP contribution < -0.4 is 10.1 Å². The van der Waals surface area contributed by atoms with Crippen molar-refractivity contribution in [3.63, 3.8) is 0 Å². The van der Waals surface area contributed by atoms with E-state index in [0.29, 0.717) is 6.04 Å². The van der Waals surface area contributed by atoms with Crippen LogP contribution in [-0.4, -0.2) is 25.2 Å². The van der Waals surface area contributed by atoms with Gasteiger partial charge in [0.25, 0.3) is 0 Å². The third-order valence-electron chi connectivity index (χ3n) is 3.49. The van der Waals surface area contributed by atoms with Crippen LogP contribution in [0.5, 0.6) is 5.75 Å². The molecule has 1 N–H and O–H groups in total. The van der Waals surface area contributed by atoms with Crippen LogP contribution in [0.1, 0.15) is 30.0 Å². The molecule has 0 radical (unpaired) electrons. The van der Waals surface area contributed by atoms with Crippen LogP contribution in [0, 0.1) is 12.3 Å². The Labute approximate surface area is 120 Å². The minimum Gasteiger partial charge on any atom is -0.497 e. The fraction of sp³-hybridized carbons (Fsp3) is 0.500. The Morgan fingerprint density at radius 2 is 2.42 bits per heavy atom. The molecule has 2 rings (SSSR count). The molecular formula is C16H21NOS. The lowest BCUT2D eigenvalue weighted by atomic mass is 9.87. The zero-order valence-electron chi connectivity index (χ0n) is 11.4. The molecule has 3 heteroatoms. The second-order valence-corrected chi connectivity index (χ2v) is 5.83. The minimum absolute atomic E-state index is 0.487. The molecule has 0 aromatic heterocycles. The van der Waals surface area contributed by atoms with Crippen molar-refractivity contribution in [2.75, 3.05) is 25.2 Å². The lowest BCUT2D eigenvalue weighted by Crippen LogP contribution is -2.27. The van der Waals surface area contributed by atoms with E-state index >= 15 is 0 Å². The summed E-state index contributed by atoms with van der Waals surface area (Å²) in [6.45, 7) is 1.02. The molecule has 2 nitrogen and oxygen atoms in total. The Bertz CT molecular complexity index is 453. The maximum absolute atomic E-state index is 5.30. The monoisotopic (exact) mass is 275 g/mol. The summed E-state index contributed by atoms with van der Waals surface area (Å²) in [4.78, 5) is 0. The number of benzene rings is 1. The Morgan fingerprint density at radius 3 is 3.21 bits per heavy atom. The Kier molecular flexibility index (Phi) is 5.62. The van der Waals surface area contributed by atoms with Crippen LogP contribution in [0.2, 0.25) is 0 Å². The molecule has 19 heavy (non-hydrogen) atoms. The van der Waals surface area contributed by atoms with Gasteiger partial charge in [-0.15, -0.1) is 18.2 Å². The second kappa shape index (κ2) is 7.47. The molecule has 0 heterocycles. The number of aryl methyl sites for hydroxylation is 1. The average molecular weight is 275 g/mol. The van der Waals surface area contributed by atoms with Gasteiger partial charge in [0.1, 0.15) is 5.75 Å². The number of ether oxygens (including phenoxy) is 1. The topological polar surface area (TPSA) is 21.3 Å². The molecule has 0 spiro atoms. The van der Waals surface area contributed by atoms with Crippen molar-refractivity contribution in [1.82, 2.24) is 5.32 Å². The predicted octanol–water partition coefficient (Wildman–Crippen LogP) is 3.03. The molecule has 1 unspecified atom stereocenters. The number of hydrogen-bond donors (Lipinski definition) is 1. The highest BCUT2D eigenvalue weighted by Crippen LogP contribution is 2.32. The highest BCUT2D eigenvalue weighted by atomic mass is 32.2. The Morgan fingerprint density at radius 1 is 1.53 bits per heavy atom. The van der Waals surface area contributed by atoms with Crippen LogP contribution in [0.15, 0.2) is 18.2 Å². The van der Waals surface area contributed by atoms with Gasteiger partial charge in [0.2, 0.25) is 0 Å². The lowest BCUT2D eigenvalue weighted by Gasteiger charge is -2.27. The van der Waals surface area contributed by atoms with Gasteiger partial charge in [-0.25, -0.2) is 0 Å². The largest absolute Gasteiger partial charge is 0.497 e. The van der Waals surface area contributed by atoms with Crippen molar-refractivity contribution >= 4 is 11.8 Å². The number of nitrogens with one attached hydrogen (secondary N) is 1. The predicted molar refractivity (Wildman–Crippen MR) is 82.8 cm³/mol. The molecule has 0 bridgehead atoms. The molecule has 1 aliphatic carbocycles. The quantitative estimate of drug-likeness (QED) is 0.637. The second-order valence-electron chi connectivity index (χ2n) is 4.72. The maximum Gasteiger partial charge on any atom is 0.119 e. The van der Waals surface area contributed by atoms with E-state index in [1.165, 1.54) is 24.0 Å². The Balaban J connectivity index is 1.92. The molecule has 102 valence electrons. The molecule has 1 atom stereocenters. The third-order valence-corrected chi connectivity index (χ3v) is 4.35. The van der Waals surface area contributed by atoms with Crippen molar-refractivity contribution in [2.45, 2.75) is 25.3 Å². The van der Waals surface area contributed by atoms with Crippen LogP contribution in [-0.2, 0) is 6.42 Å². The molecule has 0 amide bonds. The van der Waals surface area contributed by atoms with Crippen molar-refractivity contribution < 1.29 is 4.74 Å². The van der Waals surface area contributed by atoms with Gasteiger partial charge in [-0.3, -0.25) is 0 Å². The summed E-state index contributed by atoms with van der Waals surface area (Å²) in [6, 6.07) is 6.93. The summed E-state index contributed by atoms with van der Waals surface area (Å²) in [7, 11) is 1.73. The summed E-state index contributed by atoms with van der Waals surface area (Å²) >= 11 is 1.81. The van der Waals surface area contributed by atoms with E-state index in [4.69, 9.17) is 11.2 Å². The number of fused-ring (bicyclic) bond motifs is 1. The summed E-state index contributed by atoms with van der Waals surface area (Å²) in [5.74, 6) is 5.50. The molecule has 0 aliphatic heterocycles. The van der Waals surface area contributed by atoms with E-state index in [0.717, 1.165) is 30.2 Å². The van der Waals surface area contributed by atoms with Gasteiger partial charge in [0.05, 0.1) is 12.9 Å². The van der Waals surface area contributed by atoms with Crippen molar-refractivity contribution in [3.8, 4) is 18.1 Å². The molecular weight excluding hydrogens is 254 g/mol. The fourth-order valence-electron chi connectivity index (χ4n) is 2.57. The van der Waals surface area contributed by atoms with Gasteiger partial charge in [0, 0.05) is 18.3 Å². The number of thioether (sulfide) groups is 1. The van der Waals surface area contributed by atoms with E-state index < -0.39 is 0 Å². The van der Waals surface area contributed by atoms with Crippen LogP contribution >= 0.6 is 11.8 Å². The number of rotatable bonds is 6. The smallest absolute Gasteiger partial charge is 0.119 e. The van der Waals surface area contributed by atoms with E-state index in [9.17, 15) is 0 Å². The number of terminal acetylenes is 1. The van der Waals surface area contributed by atoms with Gasteiger partial charge >= 0.3 is 0 Å². The molecule has 0 saturated carbocycles. The molecule has 0 saturated heterocycles. The first kappa shape index (κ1) is 14.3. The van der Waals surface area contributed by atoms with Crippen molar-refractivity contribution in [2.24, 2.45) is 0 Å². The van der Waals surface area contributed by atoms with Gasteiger partial charge in [-0.05, 0) is 42.5 Å². The highest BCUT2D eigenvalue weighted by Gasteiger charge is 2.19. The zero-order valence-corrected chi connectivity index (χ0v) is 12.3. The van der Waals surface area contributed by atoms with E-state index in [1.807, 2.05) is 11.8 Å². The summed E-state index contributed by atoms with van der Waals surface area (Å²) in [6.07, 6.45) is 8.87. The van der Waals surface area contributed by atoms with Crippen LogP contribution in [0.4, 0.5) is 0 Å². The average Bonchev–Trinajstić information content (AvgIpc) is 2.46. The zero-order chi connectivity index (χ0) is 13.5. The number of methoxy groups -OCH3 is 1. The summed E-state index contributed by atoms with van der Waals surface area (Å²) in [5.41, 5.74) is 2.87. The lowest BCUT2D eigenvalue weighted by molar-refractivity contribution is 0.411. The minimum atomic E-state index is 0.487. The molecule has 1 aromatic rings. The Hall–Kier alpha value is -1.11. The molecule has 1 aliphatic rings. The SMILES string of the molecule is C#CCSCCNC1CCCc2cc(OC)ccc21. The summed E-state index contributed by atoms with van der Waals surface area (Å²) < 4.78 is 5.30. The van der Waals surface area contributed by atoms with Gasteiger partial charge in [-0.1, -0.05) is 12.0 Å². The van der Waals surface area contributed by atoms with Gasteiger partial charge in [0.15, 0.2) is 0 Å². The van der Waals surface area contributed by atoms with E-state index in [-0.39, 0.29) is 0 Å². The normalized spacial score (nSPS) is 17.6. The van der Waals surface area contributed by atoms with Crippen LogP contribution in [0.25, 0.3) is 0 Å². The third kappa shape index (κ3) is 3.92. The van der Waals surface area contributed by atoms with Crippen molar-refractivity contribution in [1.29, 1.82) is 0 Å². The van der Waals surface area contributed by atoms with Crippen molar-refractivity contribution in [3.05, 3.63) is 29.3 Å². The first-order chi connectivity index (χ1) is 9.35. The first-order valence-corrected chi connectivity index (χ1v) is 7.92. The fourth-order valence-corrected chi connectivity index (χ4v) is 3.09. The standard InChI is InChI=1S/C16H21NOS/c1-3-10-19-11-9-17-16-6-4-5-13-12-14(18-2)7-8-15(13)16/h1,7-8,12,16-17H,4-6,9-11H2,2H3. The molecule has 0 fully saturated rings. The summed E-state index contributed by atoms with van der Waals surface area (Å²) in [5, 5.41) is 3.64.